The van der Waals surface area contributed by atoms with Gasteiger partial charge in [0.05, 0.1) is 10.6 Å². The number of nitrogens with zero attached hydrogens (tertiary/aromatic N) is 1. The highest BCUT2D eigenvalue weighted by molar-refractivity contribution is 7.80. The fourth-order valence-electron chi connectivity index (χ4n) is 2.50. The number of thiocarbonyl (C=S) groups is 1. The summed E-state index contributed by atoms with van der Waals surface area (Å²) in [5.74, 6) is 0. The highest BCUT2D eigenvalue weighted by atomic mass is 32.1. The van der Waals surface area contributed by atoms with Crippen LogP contribution in [-0.2, 0) is 0 Å². The van der Waals surface area contributed by atoms with Crippen molar-refractivity contribution in [3.63, 3.8) is 0 Å². The minimum atomic E-state index is -0.389. The number of aryl methyl sites for hydroxylation is 4. The number of nitro groups is 1. The predicted octanol–water partition coefficient (Wildman–Crippen LogP) is 4.64. The summed E-state index contributed by atoms with van der Waals surface area (Å²) >= 11 is 5.31. The Morgan fingerprint density at radius 1 is 0.957 bits per heavy atom. The molecule has 2 N–H and O–H groups in total. The van der Waals surface area contributed by atoms with Gasteiger partial charge >= 0.3 is 0 Å². The maximum atomic E-state index is 11.1. The topological polar surface area (TPSA) is 67.2 Å². The largest absolute Gasteiger partial charge is 0.332 e. The third-order valence-corrected chi connectivity index (χ3v) is 3.67. The molecule has 0 bridgehead atoms. The molecule has 0 radical (unpaired) electrons. The van der Waals surface area contributed by atoms with Crippen LogP contribution in [0.1, 0.15) is 22.3 Å². The number of nitrogens with one attached hydrogen (secondary N) is 2. The van der Waals surface area contributed by atoms with E-state index in [2.05, 4.69) is 16.7 Å². The van der Waals surface area contributed by atoms with Gasteiger partial charge in [0.15, 0.2) is 5.11 Å². The number of hydrogen-bond acceptors (Lipinski definition) is 3. The first-order valence-corrected chi connectivity index (χ1v) is 7.59. The van der Waals surface area contributed by atoms with Crippen molar-refractivity contribution in [1.82, 2.24) is 0 Å². The van der Waals surface area contributed by atoms with Gasteiger partial charge in [0.25, 0.3) is 5.69 Å². The quantitative estimate of drug-likeness (QED) is 0.488. The van der Waals surface area contributed by atoms with Crippen molar-refractivity contribution in [2.24, 2.45) is 0 Å². The van der Waals surface area contributed by atoms with Gasteiger partial charge in [-0.3, -0.25) is 10.1 Å². The monoisotopic (exact) mass is 329 g/mol. The Morgan fingerprint density at radius 2 is 1.57 bits per heavy atom. The molecule has 2 aromatic carbocycles. The number of nitro benzene ring substituents is 1. The van der Waals surface area contributed by atoms with Crippen molar-refractivity contribution >= 4 is 34.4 Å². The molecule has 0 aliphatic carbocycles. The van der Waals surface area contributed by atoms with Gasteiger partial charge in [0.1, 0.15) is 0 Å². The Balaban J connectivity index is 2.20. The zero-order chi connectivity index (χ0) is 17.1. The van der Waals surface area contributed by atoms with Crippen LogP contribution in [0.4, 0.5) is 17.1 Å². The lowest BCUT2D eigenvalue weighted by Crippen LogP contribution is -2.20. The maximum absolute atomic E-state index is 11.1. The number of anilines is 2. The molecule has 0 aliphatic heterocycles. The first-order chi connectivity index (χ1) is 10.8. The van der Waals surface area contributed by atoms with Gasteiger partial charge < -0.3 is 10.6 Å². The van der Waals surface area contributed by atoms with Crippen LogP contribution in [-0.4, -0.2) is 10.0 Å². The second kappa shape index (κ2) is 6.75. The van der Waals surface area contributed by atoms with E-state index in [1.807, 2.05) is 32.9 Å². The summed E-state index contributed by atoms with van der Waals surface area (Å²) < 4.78 is 0. The van der Waals surface area contributed by atoms with E-state index in [1.165, 1.54) is 6.07 Å². The van der Waals surface area contributed by atoms with E-state index in [0.717, 1.165) is 22.4 Å². The third kappa shape index (κ3) is 4.26. The summed E-state index contributed by atoms with van der Waals surface area (Å²) in [6.07, 6.45) is 0. The summed E-state index contributed by atoms with van der Waals surface area (Å²) in [6, 6.07) is 9.35. The smallest absolute Gasteiger partial charge is 0.274 e. The molecule has 0 spiro atoms. The lowest BCUT2D eigenvalue weighted by molar-refractivity contribution is -0.385. The SMILES string of the molecule is Cc1cc(C)cc(NC(=S)Nc2cc([N+](=O)[O-])c(C)cc2C)c1. The van der Waals surface area contributed by atoms with E-state index < -0.39 is 0 Å². The molecule has 2 rings (SSSR count). The van der Waals surface area contributed by atoms with Gasteiger partial charge in [-0.1, -0.05) is 6.07 Å². The molecular formula is C17H19N3O2S. The van der Waals surface area contributed by atoms with E-state index >= 15 is 0 Å². The average Bonchev–Trinajstić information content (AvgIpc) is 2.40. The van der Waals surface area contributed by atoms with Crippen molar-refractivity contribution in [3.8, 4) is 0 Å². The zero-order valence-electron chi connectivity index (χ0n) is 13.6. The van der Waals surface area contributed by atoms with Gasteiger partial charge in [0.2, 0.25) is 0 Å². The van der Waals surface area contributed by atoms with Gasteiger partial charge in [-0.05, 0) is 74.8 Å². The van der Waals surface area contributed by atoms with Gasteiger partial charge in [-0.25, -0.2) is 0 Å². The van der Waals surface area contributed by atoms with E-state index in [4.69, 9.17) is 12.2 Å². The Labute approximate surface area is 140 Å². The Kier molecular flexibility index (Phi) is 4.95. The van der Waals surface area contributed by atoms with Gasteiger partial charge in [0, 0.05) is 17.3 Å². The summed E-state index contributed by atoms with van der Waals surface area (Å²) in [5, 5.41) is 17.6. The van der Waals surface area contributed by atoms with Gasteiger partial charge in [-0.2, -0.15) is 0 Å². The number of rotatable bonds is 3. The van der Waals surface area contributed by atoms with E-state index in [1.54, 1.807) is 13.0 Å². The Hall–Kier alpha value is -2.47. The second-order valence-electron chi connectivity index (χ2n) is 5.67. The lowest BCUT2D eigenvalue weighted by Gasteiger charge is -2.14. The highest BCUT2D eigenvalue weighted by Crippen LogP contribution is 2.26. The molecule has 6 heteroatoms. The zero-order valence-corrected chi connectivity index (χ0v) is 14.4. The predicted molar refractivity (Wildman–Crippen MR) is 98.3 cm³/mol. The Bertz CT molecular complexity index is 767. The lowest BCUT2D eigenvalue weighted by atomic mass is 10.1. The van der Waals surface area contributed by atoms with Crippen LogP contribution in [0.5, 0.6) is 0 Å². The summed E-state index contributed by atoms with van der Waals surface area (Å²) in [7, 11) is 0. The van der Waals surface area contributed by atoms with Crippen LogP contribution in [0.2, 0.25) is 0 Å². The molecule has 120 valence electrons. The standard InChI is InChI=1S/C17H19N3O2S/c1-10-5-11(2)7-14(6-10)18-17(23)19-15-9-16(20(21)22)13(4)8-12(15)3/h5-9H,1-4H3,(H2,18,19,23). The molecule has 0 atom stereocenters. The molecule has 0 unspecified atom stereocenters. The summed E-state index contributed by atoms with van der Waals surface area (Å²) in [4.78, 5) is 10.7. The molecule has 5 nitrogen and oxygen atoms in total. The minimum Gasteiger partial charge on any atom is -0.332 e. The Morgan fingerprint density at radius 3 is 2.13 bits per heavy atom. The number of hydrogen-bond donors (Lipinski definition) is 2. The normalized spacial score (nSPS) is 10.3. The third-order valence-electron chi connectivity index (χ3n) is 3.47. The van der Waals surface area contributed by atoms with Crippen LogP contribution in [0, 0.1) is 37.8 Å². The highest BCUT2D eigenvalue weighted by Gasteiger charge is 2.14. The van der Waals surface area contributed by atoms with Crippen LogP contribution < -0.4 is 10.6 Å². The molecule has 0 aromatic heterocycles. The van der Waals surface area contributed by atoms with Crippen molar-refractivity contribution in [1.29, 1.82) is 0 Å². The van der Waals surface area contributed by atoms with Crippen LogP contribution in [0.3, 0.4) is 0 Å². The molecule has 0 fully saturated rings. The summed E-state index contributed by atoms with van der Waals surface area (Å²) in [6.45, 7) is 7.64. The average molecular weight is 329 g/mol. The minimum absolute atomic E-state index is 0.0762. The van der Waals surface area contributed by atoms with Gasteiger partial charge in [-0.15, -0.1) is 0 Å². The van der Waals surface area contributed by atoms with Crippen molar-refractivity contribution in [3.05, 3.63) is 62.7 Å². The van der Waals surface area contributed by atoms with Crippen LogP contribution in [0.15, 0.2) is 30.3 Å². The first-order valence-electron chi connectivity index (χ1n) is 7.18. The van der Waals surface area contributed by atoms with Crippen molar-refractivity contribution in [2.45, 2.75) is 27.7 Å². The second-order valence-corrected chi connectivity index (χ2v) is 6.07. The van der Waals surface area contributed by atoms with E-state index in [0.29, 0.717) is 16.4 Å². The fourth-order valence-corrected chi connectivity index (χ4v) is 2.73. The van der Waals surface area contributed by atoms with Crippen molar-refractivity contribution in [2.75, 3.05) is 10.6 Å². The molecule has 0 aliphatic rings. The number of benzene rings is 2. The van der Waals surface area contributed by atoms with E-state index in [9.17, 15) is 10.1 Å². The molecule has 2 aromatic rings. The molecular weight excluding hydrogens is 310 g/mol. The molecule has 23 heavy (non-hydrogen) atoms. The van der Waals surface area contributed by atoms with E-state index in [-0.39, 0.29) is 10.6 Å². The summed E-state index contributed by atoms with van der Waals surface area (Å²) in [5.41, 5.74) is 5.40. The molecule has 0 amide bonds. The first kappa shape index (κ1) is 16.9. The van der Waals surface area contributed by atoms with Crippen LogP contribution >= 0.6 is 12.2 Å². The molecule has 0 saturated carbocycles. The maximum Gasteiger partial charge on any atom is 0.274 e. The molecule has 0 saturated heterocycles. The molecule has 0 heterocycles. The van der Waals surface area contributed by atoms with Crippen LogP contribution in [0.25, 0.3) is 0 Å². The van der Waals surface area contributed by atoms with Crippen molar-refractivity contribution < 1.29 is 4.92 Å². The fraction of sp³-hybridized carbons (Fsp3) is 0.235.